The van der Waals surface area contributed by atoms with E-state index in [0.29, 0.717) is 11.8 Å². The number of carbonyl (C=O) groups is 1. The molecule has 0 saturated carbocycles. The quantitative estimate of drug-likeness (QED) is 0.779. The Balaban J connectivity index is 1.62. The van der Waals surface area contributed by atoms with Crippen molar-refractivity contribution < 1.29 is 9.21 Å². The number of nitrogens with zero attached hydrogens (tertiary/aromatic N) is 2. The van der Waals surface area contributed by atoms with E-state index in [9.17, 15) is 4.79 Å². The topological polar surface area (TPSA) is 36.7 Å². The van der Waals surface area contributed by atoms with Gasteiger partial charge in [-0.15, -0.1) is 0 Å². The highest BCUT2D eigenvalue weighted by molar-refractivity contribution is 5.91. The molecule has 0 aromatic carbocycles. The highest BCUT2D eigenvalue weighted by atomic mass is 16.3. The minimum absolute atomic E-state index is 0.0386. The number of carbonyl (C=O) groups excluding carboxylic acids is 1. The van der Waals surface area contributed by atoms with Crippen LogP contribution in [0, 0.1) is 0 Å². The normalized spacial score (nSPS) is 25.6. The molecule has 2 fully saturated rings. The molecule has 1 unspecified atom stereocenters. The summed E-state index contributed by atoms with van der Waals surface area (Å²) in [5, 5.41) is 0. The first-order valence-electron chi connectivity index (χ1n) is 6.41. The van der Waals surface area contributed by atoms with Gasteiger partial charge in [-0.1, -0.05) is 0 Å². The van der Waals surface area contributed by atoms with Gasteiger partial charge in [-0.25, -0.2) is 0 Å². The van der Waals surface area contributed by atoms with Crippen molar-refractivity contribution in [2.45, 2.75) is 25.3 Å². The first-order chi connectivity index (χ1) is 8.34. The Morgan fingerprint density at radius 3 is 2.82 bits per heavy atom. The summed E-state index contributed by atoms with van der Waals surface area (Å²) in [4.78, 5) is 16.5. The van der Waals surface area contributed by atoms with Crippen molar-refractivity contribution in [2.75, 3.05) is 26.2 Å². The minimum Gasteiger partial charge on any atom is -0.459 e. The molecule has 1 aromatic rings. The smallest absolute Gasteiger partial charge is 0.289 e. The molecule has 0 bridgehead atoms. The van der Waals surface area contributed by atoms with Crippen LogP contribution in [0.1, 0.15) is 29.8 Å². The molecule has 0 spiro atoms. The van der Waals surface area contributed by atoms with Gasteiger partial charge >= 0.3 is 0 Å². The van der Waals surface area contributed by atoms with Crippen LogP contribution in [-0.2, 0) is 0 Å². The fraction of sp³-hybridized carbons (Fsp3) is 0.615. The predicted octanol–water partition coefficient (Wildman–Crippen LogP) is 1.59. The highest BCUT2D eigenvalue weighted by Gasteiger charge is 2.32. The molecular formula is C13H18N2O2. The van der Waals surface area contributed by atoms with Gasteiger partial charge in [0.15, 0.2) is 5.76 Å². The fourth-order valence-corrected chi connectivity index (χ4v) is 2.89. The molecule has 4 nitrogen and oxygen atoms in total. The number of furan rings is 1. The van der Waals surface area contributed by atoms with Crippen LogP contribution < -0.4 is 0 Å². The summed E-state index contributed by atoms with van der Waals surface area (Å²) in [6.45, 7) is 4.13. The Morgan fingerprint density at radius 2 is 2.12 bits per heavy atom. The lowest BCUT2D eigenvalue weighted by molar-refractivity contribution is 0.0748. The fourth-order valence-electron chi connectivity index (χ4n) is 2.89. The van der Waals surface area contributed by atoms with E-state index in [1.807, 2.05) is 4.90 Å². The van der Waals surface area contributed by atoms with Gasteiger partial charge in [-0.3, -0.25) is 9.69 Å². The first kappa shape index (κ1) is 10.8. The van der Waals surface area contributed by atoms with Gasteiger partial charge in [0, 0.05) is 19.1 Å². The van der Waals surface area contributed by atoms with Crippen molar-refractivity contribution in [3.05, 3.63) is 24.2 Å². The first-order valence-corrected chi connectivity index (χ1v) is 6.41. The number of likely N-dealkylation sites (tertiary alicyclic amines) is 2. The van der Waals surface area contributed by atoms with Crippen LogP contribution in [0.3, 0.4) is 0 Å². The van der Waals surface area contributed by atoms with Gasteiger partial charge in [0.25, 0.3) is 5.91 Å². The van der Waals surface area contributed by atoms with Crippen molar-refractivity contribution in [1.82, 2.24) is 9.80 Å². The number of amides is 1. The van der Waals surface area contributed by atoms with E-state index in [1.54, 1.807) is 18.4 Å². The summed E-state index contributed by atoms with van der Waals surface area (Å²) < 4.78 is 5.16. The second kappa shape index (κ2) is 4.53. The summed E-state index contributed by atoms with van der Waals surface area (Å²) in [5.74, 6) is 0.503. The van der Waals surface area contributed by atoms with Crippen molar-refractivity contribution in [3.63, 3.8) is 0 Å². The zero-order chi connectivity index (χ0) is 11.7. The van der Waals surface area contributed by atoms with Crippen molar-refractivity contribution in [3.8, 4) is 0 Å². The lowest BCUT2D eigenvalue weighted by Crippen LogP contribution is -2.37. The number of rotatable bonds is 2. The SMILES string of the molecule is O=C(c1ccco1)N1CCC(N2CCCC2)C1. The van der Waals surface area contributed by atoms with Crippen LogP contribution in [0.15, 0.2) is 22.8 Å². The monoisotopic (exact) mass is 234 g/mol. The molecule has 1 amide bonds. The average Bonchev–Trinajstić information content (AvgIpc) is 3.09. The molecule has 3 heterocycles. The Kier molecular flexibility index (Phi) is 2.89. The molecule has 17 heavy (non-hydrogen) atoms. The van der Waals surface area contributed by atoms with Crippen LogP contribution >= 0.6 is 0 Å². The molecule has 1 aromatic heterocycles. The summed E-state index contributed by atoms with van der Waals surface area (Å²) in [6.07, 6.45) is 5.28. The van der Waals surface area contributed by atoms with Gasteiger partial charge in [-0.2, -0.15) is 0 Å². The lowest BCUT2D eigenvalue weighted by Gasteiger charge is -2.23. The number of hydrogen-bond donors (Lipinski definition) is 0. The van der Waals surface area contributed by atoms with E-state index in [-0.39, 0.29) is 5.91 Å². The van der Waals surface area contributed by atoms with Crippen molar-refractivity contribution >= 4 is 5.91 Å². The zero-order valence-electron chi connectivity index (χ0n) is 9.97. The highest BCUT2D eigenvalue weighted by Crippen LogP contribution is 2.21. The molecule has 1 atom stereocenters. The summed E-state index contributed by atoms with van der Waals surface area (Å²) in [6, 6.07) is 4.07. The van der Waals surface area contributed by atoms with E-state index >= 15 is 0 Å². The Labute approximate surface area is 101 Å². The maximum atomic E-state index is 12.1. The molecule has 0 radical (unpaired) electrons. The largest absolute Gasteiger partial charge is 0.459 e. The third-order valence-corrected chi connectivity index (χ3v) is 3.84. The molecule has 2 saturated heterocycles. The van der Waals surface area contributed by atoms with Crippen LogP contribution in [0.2, 0.25) is 0 Å². The molecule has 2 aliphatic heterocycles. The zero-order valence-corrected chi connectivity index (χ0v) is 9.97. The van der Waals surface area contributed by atoms with E-state index in [1.165, 1.54) is 25.9 Å². The molecule has 3 rings (SSSR count). The Hall–Kier alpha value is -1.29. The molecular weight excluding hydrogens is 216 g/mol. The van der Waals surface area contributed by atoms with Crippen molar-refractivity contribution in [2.24, 2.45) is 0 Å². The van der Waals surface area contributed by atoms with Gasteiger partial charge in [0.1, 0.15) is 0 Å². The van der Waals surface area contributed by atoms with Crippen molar-refractivity contribution in [1.29, 1.82) is 0 Å². The lowest BCUT2D eigenvalue weighted by atomic mass is 10.2. The van der Waals surface area contributed by atoms with Crippen LogP contribution in [0.4, 0.5) is 0 Å². The van der Waals surface area contributed by atoms with E-state index in [4.69, 9.17) is 4.42 Å². The van der Waals surface area contributed by atoms with Gasteiger partial charge < -0.3 is 9.32 Å². The third-order valence-electron chi connectivity index (χ3n) is 3.84. The van der Waals surface area contributed by atoms with Gasteiger partial charge in [-0.05, 0) is 44.5 Å². The molecule has 0 N–H and O–H groups in total. The van der Waals surface area contributed by atoms with E-state index in [0.717, 1.165) is 19.5 Å². The Morgan fingerprint density at radius 1 is 1.29 bits per heavy atom. The minimum atomic E-state index is 0.0386. The third kappa shape index (κ3) is 2.09. The van der Waals surface area contributed by atoms with Crippen LogP contribution in [0.25, 0.3) is 0 Å². The summed E-state index contributed by atoms with van der Waals surface area (Å²) >= 11 is 0. The molecule has 92 valence electrons. The maximum absolute atomic E-state index is 12.1. The second-order valence-electron chi connectivity index (χ2n) is 4.91. The van der Waals surface area contributed by atoms with E-state index in [2.05, 4.69) is 4.90 Å². The van der Waals surface area contributed by atoms with E-state index < -0.39 is 0 Å². The second-order valence-corrected chi connectivity index (χ2v) is 4.91. The van der Waals surface area contributed by atoms with Crippen LogP contribution in [-0.4, -0.2) is 47.9 Å². The molecule has 4 heteroatoms. The number of hydrogen-bond acceptors (Lipinski definition) is 3. The van der Waals surface area contributed by atoms with Crippen LogP contribution in [0.5, 0.6) is 0 Å². The van der Waals surface area contributed by atoms with Gasteiger partial charge in [0.05, 0.1) is 6.26 Å². The van der Waals surface area contributed by atoms with Gasteiger partial charge in [0.2, 0.25) is 0 Å². The maximum Gasteiger partial charge on any atom is 0.289 e. The standard InChI is InChI=1S/C13H18N2O2/c16-13(12-4-3-9-17-12)15-8-5-11(10-15)14-6-1-2-7-14/h3-4,9,11H,1-2,5-8,10H2. The Bertz CT molecular complexity index is 382. The predicted molar refractivity (Wildman–Crippen MR) is 63.8 cm³/mol. The summed E-state index contributed by atoms with van der Waals surface area (Å²) in [5.41, 5.74) is 0. The molecule has 2 aliphatic rings. The molecule has 0 aliphatic carbocycles. The average molecular weight is 234 g/mol. The summed E-state index contributed by atoms with van der Waals surface area (Å²) in [7, 11) is 0.